The monoisotopic (exact) mass is 554 g/mol. The highest BCUT2D eigenvalue weighted by atomic mass is 28.3. The second-order valence-electron chi connectivity index (χ2n) is 11.3. The van der Waals surface area contributed by atoms with Crippen LogP contribution in [0.1, 0.15) is 15.9 Å². The third-order valence-electron chi connectivity index (χ3n) is 9.27. The topological polar surface area (TPSA) is 23.6 Å². The number of rotatable bonds is 2. The van der Waals surface area contributed by atoms with Crippen LogP contribution in [0.5, 0.6) is 0 Å². The van der Waals surface area contributed by atoms with Gasteiger partial charge in [0.1, 0.15) is 0 Å². The average Bonchev–Trinajstić information content (AvgIpc) is 3.54. The first-order valence-corrected chi connectivity index (χ1v) is 16.5. The van der Waals surface area contributed by atoms with Crippen LogP contribution in [0.3, 0.4) is 0 Å². The molecule has 0 aliphatic carbocycles. The predicted octanol–water partition coefficient (Wildman–Crippen LogP) is 5.99. The molecule has 42 heavy (non-hydrogen) atoms. The Morgan fingerprint density at radius 1 is 0.476 bits per heavy atom. The molecule has 1 amide bonds. The van der Waals surface area contributed by atoms with Crippen molar-refractivity contribution in [2.45, 2.75) is 6.54 Å². The zero-order valence-electron chi connectivity index (χ0n) is 22.9. The van der Waals surface area contributed by atoms with Crippen LogP contribution in [-0.2, 0) is 6.54 Å². The minimum atomic E-state index is -2.58. The van der Waals surface area contributed by atoms with Crippen molar-refractivity contribution in [3.05, 3.63) is 157 Å². The van der Waals surface area contributed by atoms with Gasteiger partial charge in [0.05, 0.1) is 6.54 Å². The number of nitrogens with zero attached hydrogens (tertiary/aromatic N) is 2. The van der Waals surface area contributed by atoms with Gasteiger partial charge in [-0.05, 0) is 73.8 Å². The first-order valence-electron chi connectivity index (χ1n) is 14.5. The Balaban J connectivity index is 1.28. The fourth-order valence-corrected chi connectivity index (χ4v) is 13.1. The number of hydrogen-bond acceptors (Lipinski definition) is 2. The maximum Gasteiger partial charge on any atom is 0.259 e. The lowest BCUT2D eigenvalue weighted by atomic mass is 10.1. The Morgan fingerprint density at radius 2 is 1.00 bits per heavy atom. The highest BCUT2D eigenvalue weighted by Crippen LogP contribution is 2.42. The molecular weight excluding hydrogens is 529 g/mol. The Hall–Kier alpha value is -5.19. The van der Waals surface area contributed by atoms with E-state index < -0.39 is 8.07 Å². The Morgan fingerprint density at radius 3 is 1.62 bits per heavy atom. The summed E-state index contributed by atoms with van der Waals surface area (Å²) in [6.45, 7) is 0.592. The second-order valence-corrected chi connectivity index (χ2v) is 14.9. The smallest absolute Gasteiger partial charge is 0.259 e. The molecule has 6 aromatic rings. The van der Waals surface area contributed by atoms with Crippen LogP contribution in [0.4, 0.5) is 22.7 Å². The summed E-state index contributed by atoms with van der Waals surface area (Å²) in [4.78, 5) is 18.0. The first-order chi connectivity index (χ1) is 20.8. The highest BCUT2D eigenvalue weighted by molar-refractivity contribution is 7.23. The zero-order chi connectivity index (χ0) is 27.8. The lowest BCUT2D eigenvalue weighted by Crippen LogP contribution is -2.75. The summed E-state index contributed by atoms with van der Waals surface area (Å²) in [7, 11) is -2.58. The first kappa shape index (κ1) is 23.5. The molecule has 9 rings (SSSR count). The van der Waals surface area contributed by atoms with Crippen molar-refractivity contribution in [3.8, 4) is 11.1 Å². The van der Waals surface area contributed by atoms with Crippen molar-refractivity contribution in [2.24, 2.45) is 0 Å². The standard InChI is InChI=1S/C38H26N2OSi/c41-38-31-24-28(23-22-26(31)25-39(38)27-12-2-1-3-13-27)40-32-16-6-10-20-36(32)42(37-21-11-7-17-33(37)40)34-18-8-4-14-29(34)30-15-5-9-19-35(30)42/h1-24H,25H2. The summed E-state index contributed by atoms with van der Waals surface area (Å²) in [6.07, 6.45) is 0. The molecule has 0 aromatic heterocycles. The van der Waals surface area contributed by atoms with Crippen molar-refractivity contribution in [3.63, 3.8) is 0 Å². The maximum atomic E-state index is 13.7. The molecule has 0 fully saturated rings. The molecular formula is C38H26N2OSi. The van der Waals surface area contributed by atoms with Crippen molar-refractivity contribution in [1.82, 2.24) is 0 Å². The number of para-hydroxylation sites is 3. The molecule has 4 heteroatoms. The molecule has 0 unspecified atom stereocenters. The van der Waals surface area contributed by atoms with Crippen LogP contribution in [0.25, 0.3) is 11.1 Å². The zero-order valence-corrected chi connectivity index (χ0v) is 23.9. The van der Waals surface area contributed by atoms with Crippen LogP contribution in [0.15, 0.2) is 146 Å². The van der Waals surface area contributed by atoms with Crippen molar-refractivity contribution in [1.29, 1.82) is 0 Å². The van der Waals surface area contributed by atoms with E-state index in [4.69, 9.17) is 0 Å². The normalized spacial score (nSPS) is 15.2. The number of hydrogen-bond donors (Lipinski definition) is 0. The number of carbonyl (C=O) groups excluding carboxylic acids is 1. The molecule has 198 valence electrons. The van der Waals surface area contributed by atoms with Crippen molar-refractivity contribution in [2.75, 3.05) is 9.80 Å². The van der Waals surface area contributed by atoms with Crippen LogP contribution in [-0.4, -0.2) is 14.0 Å². The number of fused-ring (bicyclic) bond motifs is 10. The molecule has 3 nitrogen and oxygen atoms in total. The van der Waals surface area contributed by atoms with Gasteiger partial charge < -0.3 is 9.80 Å². The quantitative estimate of drug-likeness (QED) is 0.245. The average molecular weight is 555 g/mol. The van der Waals surface area contributed by atoms with Crippen molar-refractivity contribution < 1.29 is 4.79 Å². The summed E-state index contributed by atoms with van der Waals surface area (Å²) in [6, 6.07) is 52.3. The summed E-state index contributed by atoms with van der Waals surface area (Å²) in [5, 5.41) is 5.68. The van der Waals surface area contributed by atoms with Gasteiger partial charge in [0, 0.05) is 28.3 Å². The summed E-state index contributed by atoms with van der Waals surface area (Å²) < 4.78 is 0. The van der Waals surface area contributed by atoms with Crippen LogP contribution in [0.2, 0.25) is 0 Å². The molecule has 0 saturated carbocycles. The molecule has 6 aromatic carbocycles. The molecule has 0 bridgehead atoms. The lowest BCUT2D eigenvalue weighted by Gasteiger charge is -2.43. The van der Waals surface area contributed by atoms with E-state index in [2.05, 4.69) is 120 Å². The Kier molecular flexibility index (Phi) is 4.84. The molecule has 1 spiro atoms. The van der Waals surface area contributed by atoms with E-state index in [1.165, 1.54) is 43.2 Å². The molecule has 3 heterocycles. The van der Waals surface area contributed by atoms with Gasteiger partial charge in [-0.3, -0.25) is 4.79 Å². The SMILES string of the molecule is O=C1c2cc(N3c4ccccc4[Si]4(c5ccccc5-c5ccccc54)c4ccccc43)ccc2CN1c1ccccc1. The molecule has 0 radical (unpaired) electrons. The van der Waals surface area contributed by atoms with Gasteiger partial charge in [-0.1, -0.05) is 109 Å². The summed E-state index contributed by atoms with van der Waals surface area (Å²) >= 11 is 0. The van der Waals surface area contributed by atoms with Gasteiger partial charge in [-0.2, -0.15) is 0 Å². The largest absolute Gasteiger partial charge is 0.311 e. The number of benzene rings is 6. The van der Waals surface area contributed by atoms with Gasteiger partial charge in [0.2, 0.25) is 0 Å². The van der Waals surface area contributed by atoms with Crippen LogP contribution >= 0.6 is 0 Å². The molecule has 0 saturated heterocycles. The molecule has 3 aliphatic heterocycles. The van der Waals surface area contributed by atoms with E-state index in [1.54, 1.807) is 0 Å². The molecule has 0 atom stereocenters. The van der Waals surface area contributed by atoms with Gasteiger partial charge >= 0.3 is 0 Å². The highest BCUT2D eigenvalue weighted by Gasteiger charge is 2.53. The van der Waals surface area contributed by atoms with E-state index in [0.717, 1.165) is 22.5 Å². The number of anilines is 4. The molecule has 3 aliphatic rings. The minimum Gasteiger partial charge on any atom is -0.311 e. The number of amides is 1. The van der Waals surface area contributed by atoms with Gasteiger partial charge in [-0.25, -0.2) is 0 Å². The van der Waals surface area contributed by atoms with Gasteiger partial charge in [-0.15, -0.1) is 0 Å². The fourth-order valence-electron chi connectivity index (χ4n) is 7.58. The van der Waals surface area contributed by atoms with Gasteiger partial charge in [0.25, 0.3) is 5.91 Å². The van der Waals surface area contributed by atoms with E-state index in [0.29, 0.717) is 6.54 Å². The minimum absolute atomic E-state index is 0.0566. The van der Waals surface area contributed by atoms with Crippen LogP contribution < -0.4 is 30.5 Å². The third-order valence-corrected chi connectivity index (χ3v) is 14.2. The van der Waals surface area contributed by atoms with E-state index in [-0.39, 0.29) is 5.91 Å². The third kappa shape index (κ3) is 2.97. The lowest BCUT2D eigenvalue weighted by molar-refractivity contribution is 0.0996. The second kappa shape index (κ2) is 8.65. The summed E-state index contributed by atoms with van der Waals surface area (Å²) in [5.74, 6) is 0.0566. The maximum absolute atomic E-state index is 13.7. The van der Waals surface area contributed by atoms with E-state index >= 15 is 0 Å². The Bertz CT molecular complexity index is 1970. The predicted molar refractivity (Wildman–Crippen MR) is 174 cm³/mol. The Labute approximate surface area is 245 Å². The molecule has 0 N–H and O–H groups in total. The van der Waals surface area contributed by atoms with Crippen LogP contribution in [0, 0.1) is 0 Å². The fraction of sp³-hybridized carbons (Fsp3) is 0.0263. The summed E-state index contributed by atoms with van der Waals surface area (Å²) in [5.41, 5.74) is 8.88. The van der Waals surface area contributed by atoms with Crippen molar-refractivity contribution >= 4 is 57.5 Å². The number of carbonyl (C=O) groups is 1. The van der Waals surface area contributed by atoms with E-state index in [1.807, 2.05) is 35.2 Å². The van der Waals surface area contributed by atoms with E-state index in [9.17, 15) is 4.79 Å². The van der Waals surface area contributed by atoms with Gasteiger partial charge in [0.15, 0.2) is 8.07 Å².